The van der Waals surface area contributed by atoms with Crippen LogP contribution in [0.2, 0.25) is 0 Å². The number of carbonyl (C=O) groups is 2. The molecule has 0 spiro atoms. The van der Waals surface area contributed by atoms with Gasteiger partial charge in [-0.2, -0.15) is 0 Å². The molecule has 2 aromatic rings. The molecule has 0 radical (unpaired) electrons. The Balaban J connectivity index is 1.73. The largest absolute Gasteiger partial charge is 0.466 e. The van der Waals surface area contributed by atoms with Crippen LogP contribution in [0.1, 0.15) is 31.7 Å². The summed E-state index contributed by atoms with van der Waals surface area (Å²) in [7, 11) is 0. The third-order valence-electron chi connectivity index (χ3n) is 4.95. The van der Waals surface area contributed by atoms with E-state index in [9.17, 15) is 9.59 Å². The summed E-state index contributed by atoms with van der Waals surface area (Å²) < 4.78 is 6.76. The number of likely N-dealkylation sites (tertiary alicyclic amines) is 1. The molecule has 0 bridgehead atoms. The van der Waals surface area contributed by atoms with E-state index in [0.717, 1.165) is 12.0 Å². The second kappa shape index (κ2) is 9.25. The Bertz CT molecular complexity index is 807. The number of carbonyl (C=O) groups excluding carboxylic acids is 2. The predicted octanol–water partition coefficient (Wildman–Crippen LogP) is 1.95. The second-order valence-electron chi connectivity index (χ2n) is 6.94. The molecule has 8 heteroatoms. The van der Waals surface area contributed by atoms with Gasteiger partial charge in [0.15, 0.2) is 0 Å². The van der Waals surface area contributed by atoms with Crippen molar-refractivity contribution in [1.29, 1.82) is 0 Å². The number of benzene rings is 1. The molecule has 0 N–H and O–H groups in total. The summed E-state index contributed by atoms with van der Waals surface area (Å²) in [5.41, 5.74) is 0.347. The molecule has 3 rings (SSSR count). The van der Waals surface area contributed by atoms with Crippen LogP contribution in [0, 0.1) is 5.41 Å². The van der Waals surface area contributed by atoms with E-state index in [1.165, 1.54) is 11.0 Å². The Morgan fingerprint density at radius 2 is 2.11 bits per heavy atom. The second-order valence-corrected chi connectivity index (χ2v) is 6.94. The molecule has 1 aliphatic heterocycles. The highest BCUT2D eigenvalue weighted by molar-refractivity contribution is 5.81. The minimum Gasteiger partial charge on any atom is -0.466 e. The molecule has 1 atom stereocenters. The van der Waals surface area contributed by atoms with Crippen LogP contribution in [0.4, 0.5) is 0 Å². The van der Waals surface area contributed by atoms with Crippen LogP contribution in [0.3, 0.4) is 0 Å². The predicted molar refractivity (Wildman–Crippen MR) is 103 cm³/mol. The van der Waals surface area contributed by atoms with E-state index in [-0.39, 0.29) is 18.4 Å². The van der Waals surface area contributed by atoms with Crippen molar-refractivity contribution < 1.29 is 14.3 Å². The summed E-state index contributed by atoms with van der Waals surface area (Å²) in [5.74, 6) is -0.347. The first-order valence-corrected chi connectivity index (χ1v) is 9.50. The minimum atomic E-state index is -0.726. The van der Waals surface area contributed by atoms with Crippen LogP contribution in [0.5, 0.6) is 0 Å². The lowest BCUT2D eigenvalue weighted by Gasteiger charge is -2.40. The van der Waals surface area contributed by atoms with E-state index in [2.05, 4.69) is 15.5 Å². The normalized spacial score (nSPS) is 19.7. The highest BCUT2D eigenvalue weighted by Gasteiger charge is 2.43. The molecule has 1 unspecified atom stereocenters. The zero-order chi connectivity index (χ0) is 19.8. The van der Waals surface area contributed by atoms with Crippen molar-refractivity contribution in [2.75, 3.05) is 19.7 Å². The lowest BCUT2D eigenvalue weighted by molar-refractivity contribution is -0.160. The Hall–Kier alpha value is -3.03. The maximum Gasteiger partial charge on any atom is 0.314 e. The molecule has 1 saturated heterocycles. The van der Waals surface area contributed by atoms with Gasteiger partial charge in [0.25, 0.3) is 0 Å². The van der Waals surface area contributed by atoms with Crippen molar-refractivity contribution in [2.24, 2.45) is 5.41 Å². The van der Waals surface area contributed by atoms with Crippen LogP contribution in [-0.4, -0.2) is 56.7 Å². The van der Waals surface area contributed by atoms with Gasteiger partial charge >= 0.3 is 5.97 Å². The van der Waals surface area contributed by atoms with Gasteiger partial charge in [-0.3, -0.25) is 9.59 Å². The monoisotopic (exact) mass is 383 g/mol. The average molecular weight is 383 g/mol. The van der Waals surface area contributed by atoms with E-state index in [0.29, 0.717) is 32.5 Å². The van der Waals surface area contributed by atoms with Gasteiger partial charge in [0.2, 0.25) is 5.91 Å². The summed E-state index contributed by atoms with van der Waals surface area (Å²) in [6.07, 6.45) is 7.38. The number of hydrogen-bond donors (Lipinski definition) is 0. The third kappa shape index (κ3) is 4.82. The first kappa shape index (κ1) is 19.7. The van der Waals surface area contributed by atoms with Gasteiger partial charge in [-0.05, 0) is 42.2 Å². The lowest BCUT2D eigenvalue weighted by atomic mass is 9.76. The molecular formula is C20H25N5O3. The number of rotatable bonds is 7. The van der Waals surface area contributed by atoms with Crippen LogP contribution < -0.4 is 0 Å². The average Bonchev–Trinajstić information content (AvgIpc) is 3.22. The Labute approximate surface area is 164 Å². The summed E-state index contributed by atoms with van der Waals surface area (Å²) >= 11 is 0. The highest BCUT2D eigenvalue weighted by atomic mass is 16.5. The van der Waals surface area contributed by atoms with Crippen molar-refractivity contribution >= 4 is 18.0 Å². The Kier molecular flexibility index (Phi) is 6.52. The van der Waals surface area contributed by atoms with E-state index in [1.54, 1.807) is 11.8 Å². The SMILES string of the molecule is CCOC(=O)C1(C/C=C/c2ccccc2)CCCN(C(=O)Cn2cnnn2)C1. The molecule has 1 amide bonds. The van der Waals surface area contributed by atoms with Crippen molar-refractivity contribution in [1.82, 2.24) is 25.1 Å². The van der Waals surface area contributed by atoms with Gasteiger partial charge in [-0.15, -0.1) is 5.10 Å². The molecule has 0 aliphatic carbocycles. The van der Waals surface area contributed by atoms with Gasteiger partial charge in [0, 0.05) is 13.1 Å². The maximum absolute atomic E-state index is 12.8. The molecule has 8 nitrogen and oxygen atoms in total. The Morgan fingerprint density at radius 1 is 1.29 bits per heavy atom. The number of piperidine rings is 1. The number of amides is 1. The number of hydrogen-bond acceptors (Lipinski definition) is 6. The van der Waals surface area contributed by atoms with Crippen molar-refractivity contribution in [3.8, 4) is 0 Å². The molecule has 1 aromatic heterocycles. The van der Waals surface area contributed by atoms with Crippen molar-refractivity contribution in [3.63, 3.8) is 0 Å². The number of tetrazole rings is 1. The van der Waals surface area contributed by atoms with Crippen LogP contribution in [-0.2, 0) is 20.9 Å². The molecule has 148 valence electrons. The summed E-state index contributed by atoms with van der Waals surface area (Å²) in [6.45, 7) is 3.14. The Morgan fingerprint density at radius 3 is 2.82 bits per heavy atom. The fourth-order valence-corrected chi connectivity index (χ4v) is 3.52. The quantitative estimate of drug-likeness (QED) is 0.679. The molecular weight excluding hydrogens is 358 g/mol. The van der Waals surface area contributed by atoms with Crippen LogP contribution >= 0.6 is 0 Å². The fraction of sp³-hybridized carbons (Fsp3) is 0.450. The molecule has 1 fully saturated rings. The van der Waals surface area contributed by atoms with Gasteiger partial charge in [0.1, 0.15) is 12.9 Å². The van der Waals surface area contributed by atoms with E-state index in [4.69, 9.17) is 4.74 Å². The summed E-state index contributed by atoms with van der Waals surface area (Å²) in [6, 6.07) is 9.93. The van der Waals surface area contributed by atoms with Gasteiger partial charge in [-0.1, -0.05) is 42.5 Å². The topological polar surface area (TPSA) is 90.2 Å². The van der Waals surface area contributed by atoms with Gasteiger partial charge in [0.05, 0.1) is 12.0 Å². The van der Waals surface area contributed by atoms with E-state index < -0.39 is 5.41 Å². The number of allylic oxidation sites excluding steroid dienone is 1. The van der Waals surface area contributed by atoms with Crippen LogP contribution in [0.25, 0.3) is 6.08 Å². The van der Waals surface area contributed by atoms with E-state index >= 15 is 0 Å². The fourth-order valence-electron chi connectivity index (χ4n) is 3.52. The maximum atomic E-state index is 12.8. The number of ether oxygens (including phenoxy) is 1. The zero-order valence-corrected chi connectivity index (χ0v) is 16.0. The van der Waals surface area contributed by atoms with Gasteiger partial charge in [-0.25, -0.2) is 4.68 Å². The molecule has 28 heavy (non-hydrogen) atoms. The molecule has 0 saturated carbocycles. The molecule has 2 heterocycles. The zero-order valence-electron chi connectivity index (χ0n) is 16.0. The first-order valence-electron chi connectivity index (χ1n) is 9.50. The lowest BCUT2D eigenvalue weighted by Crippen LogP contribution is -2.51. The highest BCUT2D eigenvalue weighted by Crippen LogP contribution is 2.36. The number of esters is 1. The van der Waals surface area contributed by atoms with Crippen molar-refractivity contribution in [3.05, 3.63) is 48.3 Å². The number of nitrogens with zero attached hydrogens (tertiary/aromatic N) is 5. The first-order chi connectivity index (χ1) is 13.6. The summed E-state index contributed by atoms with van der Waals surface area (Å²) in [4.78, 5) is 27.2. The van der Waals surface area contributed by atoms with Gasteiger partial charge < -0.3 is 9.64 Å². The van der Waals surface area contributed by atoms with Crippen LogP contribution in [0.15, 0.2) is 42.7 Å². The van der Waals surface area contributed by atoms with Crippen molar-refractivity contribution in [2.45, 2.75) is 32.7 Å². The summed E-state index contributed by atoms with van der Waals surface area (Å²) in [5, 5.41) is 10.8. The standard InChI is InChI=1S/C20H25N5O3/c1-2-28-19(27)20(11-6-10-17-8-4-3-5-9-17)12-7-13-24(15-20)18(26)14-25-16-21-22-23-25/h3-6,8-10,16H,2,7,11-15H2,1H3/b10-6+. The molecule has 1 aromatic carbocycles. The third-order valence-corrected chi connectivity index (χ3v) is 4.95. The minimum absolute atomic E-state index is 0.0613. The smallest absolute Gasteiger partial charge is 0.314 e. The number of aromatic nitrogens is 4. The van der Waals surface area contributed by atoms with E-state index in [1.807, 2.05) is 42.5 Å². The molecule has 1 aliphatic rings.